The maximum absolute atomic E-state index is 10.7. The predicted molar refractivity (Wildman–Crippen MR) is 74.3 cm³/mol. The highest BCUT2D eigenvalue weighted by atomic mass is 16.4. The summed E-state index contributed by atoms with van der Waals surface area (Å²) in [6, 6.07) is 12.1. The monoisotopic (exact) mass is 256 g/mol. The maximum Gasteiger partial charge on any atom is 0.303 e. The van der Waals surface area contributed by atoms with E-state index in [1.165, 1.54) is 0 Å². The minimum atomic E-state index is -0.710. The third-order valence-electron chi connectivity index (χ3n) is 3.66. The third kappa shape index (κ3) is 2.52. The Bertz CT molecular complexity index is 612. The average molecular weight is 256 g/mol. The van der Waals surface area contributed by atoms with Crippen LogP contribution < -0.4 is 4.90 Å². The van der Waals surface area contributed by atoms with Crippen LogP contribution in [0.5, 0.6) is 0 Å². The van der Waals surface area contributed by atoms with Gasteiger partial charge in [0.1, 0.15) is 5.82 Å². The van der Waals surface area contributed by atoms with Crippen molar-refractivity contribution in [3.63, 3.8) is 0 Å². The Labute approximate surface area is 111 Å². The highest BCUT2D eigenvalue weighted by molar-refractivity contribution is 5.80. The van der Waals surface area contributed by atoms with Crippen LogP contribution >= 0.6 is 0 Å². The molecule has 2 aromatic rings. The lowest BCUT2D eigenvalue weighted by atomic mass is 10.1. The lowest BCUT2D eigenvalue weighted by molar-refractivity contribution is -0.137. The van der Waals surface area contributed by atoms with Gasteiger partial charge in [0.15, 0.2) is 0 Å². The van der Waals surface area contributed by atoms with Gasteiger partial charge in [0.2, 0.25) is 0 Å². The van der Waals surface area contributed by atoms with E-state index in [1.807, 2.05) is 30.3 Å². The van der Waals surface area contributed by atoms with E-state index in [0.717, 1.165) is 36.2 Å². The number of rotatable bonds is 3. The maximum atomic E-state index is 10.7. The first-order valence-electron chi connectivity index (χ1n) is 6.55. The lowest BCUT2D eigenvalue weighted by Crippen LogP contribution is -2.21. The van der Waals surface area contributed by atoms with Gasteiger partial charge in [-0.1, -0.05) is 18.2 Å². The summed E-state index contributed by atoms with van der Waals surface area (Å²) < 4.78 is 0. The number of hydrogen-bond donors (Lipinski definition) is 1. The smallest absolute Gasteiger partial charge is 0.303 e. The van der Waals surface area contributed by atoms with Crippen LogP contribution in [0, 0.1) is 5.92 Å². The van der Waals surface area contributed by atoms with E-state index in [9.17, 15) is 4.79 Å². The van der Waals surface area contributed by atoms with Crippen LogP contribution in [0.1, 0.15) is 12.8 Å². The molecule has 1 N–H and O–H groups in total. The Morgan fingerprint density at radius 2 is 2.16 bits per heavy atom. The number of nitrogens with zero attached hydrogens (tertiary/aromatic N) is 2. The first-order valence-corrected chi connectivity index (χ1v) is 6.55. The highest BCUT2D eigenvalue weighted by Gasteiger charge is 2.25. The lowest BCUT2D eigenvalue weighted by Gasteiger charge is -2.17. The van der Waals surface area contributed by atoms with Gasteiger partial charge >= 0.3 is 5.97 Å². The summed E-state index contributed by atoms with van der Waals surface area (Å²) in [5.74, 6) is 0.482. The number of aromatic nitrogens is 1. The van der Waals surface area contributed by atoms with E-state index < -0.39 is 5.97 Å². The van der Waals surface area contributed by atoms with Crippen LogP contribution in [0.15, 0.2) is 36.4 Å². The van der Waals surface area contributed by atoms with Gasteiger partial charge in [0, 0.05) is 24.9 Å². The highest BCUT2D eigenvalue weighted by Crippen LogP contribution is 2.25. The number of pyridine rings is 1. The van der Waals surface area contributed by atoms with E-state index in [4.69, 9.17) is 5.11 Å². The molecule has 0 amide bonds. The van der Waals surface area contributed by atoms with Crippen LogP contribution in [0.3, 0.4) is 0 Å². The van der Waals surface area contributed by atoms with Crippen LogP contribution in [-0.2, 0) is 4.79 Å². The summed E-state index contributed by atoms with van der Waals surface area (Å²) in [6.07, 6.45) is 1.19. The van der Waals surface area contributed by atoms with Crippen molar-refractivity contribution in [1.29, 1.82) is 0 Å². The number of carboxylic acid groups (broad SMARTS) is 1. The molecule has 98 valence electrons. The predicted octanol–water partition coefficient (Wildman–Crippen LogP) is 2.54. The van der Waals surface area contributed by atoms with E-state index in [1.54, 1.807) is 0 Å². The van der Waals surface area contributed by atoms with Gasteiger partial charge in [-0.05, 0) is 30.5 Å². The summed E-state index contributed by atoms with van der Waals surface area (Å²) in [5, 5.41) is 9.97. The average Bonchev–Trinajstić information content (AvgIpc) is 2.86. The van der Waals surface area contributed by atoms with Crippen molar-refractivity contribution in [2.24, 2.45) is 5.92 Å². The molecule has 19 heavy (non-hydrogen) atoms. The molecular formula is C15H16N2O2. The Morgan fingerprint density at radius 3 is 3.00 bits per heavy atom. The van der Waals surface area contributed by atoms with E-state index in [2.05, 4.69) is 16.0 Å². The fourth-order valence-corrected chi connectivity index (χ4v) is 2.69. The largest absolute Gasteiger partial charge is 0.481 e. The van der Waals surface area contributed by atoms with Crippen molar-refractivity contribution < 1.29 is 9.90 Å². The van der Waals surface area contributed by atoms with Gasteiger partial charge in [-0.15, -0.1) is 0 Å². The molecular weight excluding hydrogens is 240 g/mol. The van der Waals surface area contributed by atoms with Crippen LogP contribution in [0.25, 0.3) is 10.9 Å². The number of benzene rings is 1. The summed E-state index contributed by atoms with van der Waals surface area (Å²) >= 11 is 0. The molecule has 0 saturated carbocycles. The molecule has 1 atom stereocenters. The SMILES string of the molecule is O=C(O)CC1CCN(c2ccc3ccccc3n2)C1. The molecule has 4 heteroatoms. The molecule has 1 aliphatic rings. The second-order valence-electron chi connectivity index (χ2n) is 5.06. The number of para-hydroxylation sites is 1. The Hall–Kier alpha value is -2.10. The minimum Gasteiger partial charge on any atom is -0.481 e. The van der Waals surface area contributed by atoms with Crippen LogP contribution in [0.2, 0.25) is 0 Å². The number of carboxylic acids is 1. The molecule has 4 nitrogen and oxygen atoms in total. The second kappa shape index (κ2) is 4.88. The number of fused-ring (bicyclic) bond motifs is 1. The zero-order valence-corrected chi connectivity index (χ0v) is 10.6. The first-order chi connectivity index (χ1) is 9.22. The molecule has 3 rings (SSSR count). The molecule has 2 heterocycles. The van der Waals surface area contributed by atoms with Gasteiger partial charge in [0.25, 0.3) is 0 Å². The van der Waals surface area contributed by atoms with Gasteiger partial charge in [-0.25, -0.2) is 4.98 Å². The fourth-order valence-electron chi connectivity index (χ4n) is 2.69. The number of carbonyl (C=O) groups is 1. The first kappa shape index (κ1) is 12.0. The summed E-state index contributed by atoms with van der Waals surface area (Å²) in [4.78, 5) is 17.6. The Balaban J connectivity index is 1.79. The summed E-state index contributed by atoms with van der Waals surface area (Å²) in [7, 11) is 0. The van der Waals surface area contributed by atoms with Crippen molar-refractivity contribution in [2.45, 2.75) is 12.8 Å². The van der Waals surface area contributed by atoms with Crippen molar-refractivity contribution in [2.75, 3.05) is 18.0 Å². The van der Waals surface area contributed by atoms with Crippen molar-refractivity contribution in [3.05, 3.63) is 36.4 Å². The van der Waals surface area contributed by atoms with Crippen molar-refractivity contribution >= 4 is 22.7 Å². The van der Waals surface area contributed by atoms with Crippen molar-refractivity contribution in [3.8, 4) is 0 Å². The van der Waals surface area contributed by atoms with Crippen molar-refractivity contribution in [1.82, 2.24) is 4.98 Å². The number of anilines is 1. The van der Waals surface area contributed by atoms with Gasteiger partial charge in [0.05, 0.1) is 5.52 Å². The molecule has 1 aromatic carbocycles. The molecule has 1 fully saturated rings. The molecule has 0 bridgehead atoms. The van der Waals surface area contributed by atoms with E-state index in [-0.39, 0.29) is 12.3 Å². The second-order valence-corrected chi connectivity index (χ2v) is 5.06. The zero-order chi connectivity index (χ0) is 13.2. The number of aliphatic carboxylic acids is 1. The van der Waals surface area contributed by atoms with Gasteiger partial charge < -0.3 is 10.0 Å². The summed E-state index contributed by atoms with van der Waals surface area (Å²) in [6.45, 7) is 1.68. The molecule has 0 spiro atoms. The quantitative estimate of drug-likeness (QED) is 0.917. The Kier molecular flexibility index (Phi) is 3.07. The molecule has 0 radical (unpaired) electrons. The molecule has 1 aromatic heterocycles. The normalized spacial score (nSPS) is 18.9. The van der Waals surface area contributed by atoms with E-state index in [0.29, 0.717) is 0 Å². The summed E-state index contributed by atoms with van der Waals surface area (Å²) in [5.41, 5.74) is 0.988. The van der Waals surface area contributed by atoms with Gasteiger partial charge in [-0.2, -0.15) is 0 Å². The van der Waals surface area contributed by atoms with Crippen LogP contribution in [-0.4, -0.2) is 29.1 Å². The molecule has 1 aliphatic heterocycles. The number of hydrogen-bond acceptors (Lipinski definition) is 3. The third-order valence-corrected chi connectivity index (χ3v) is 3.66. The van der Waals surface area contributed by atoms with E-state index >= 15 is 0 Å². The minimum absolute atomic E-state index is 0.241. The zero-order valence-electron chi connectivity index (χ0n) is 10.6. The van der Waals surface area contributed by atoms with Gasteiger partial charge in [-0.3, -0.25) is 4.79 Å². The van der Waals surface area contributed by atoms with Crippen LogP contribution in [0.4, 0.5) is 5.82 Å². The molecule has 1 saturated heterocycles. The molecule has 0 aliphatic carbocycles. The topological polar surface area (TPSA) is 53.4 Å². The fraction of sp³-hybridized carbons (Fsp3) is 0.333. The standard InChI is InChI=1S/C15H16N2O2/c18-15(19)9-11-7-8-17(10-11)14-6-5-12-3-1-2-4-13(12)16-14/h1-6,11H,7-10H2,(H,18,19). The Morgan fingerprint density at radius 1 is 1.32 bits per heavy atom. The molecule has 1 unspecified atom stereocenters.